The summed E-state index contributed by atoms with van der Waals surface area (Å²) in [5, 5.41) is 33.2. The Balaban J connectivity index is 1.73. The van der Waals surface area contributed by atoms with E-state index in [0.29, 0.717) is 12.8 Å². The lowest BCUT2D eigenvalue weighted by atomic mass is 9.42. The third-order valence-electron chi connectivity index (χ3n) is 12.7. The van der Waals surface area contributed by atoms with Gasteiger partial charge in [0.25, 0.3) is 0 Å². The van der Waals surface area contributed by atoms with Crippen molar-refractivity contribution in [2.24, 2.45) is 39.4 Å². The van der Waals surface area contributed by atoms with Crippen LogP contribution >= 0.6 is 0 Å². The number of aliphatic hydroxyl groups is 2. The van der Waals surface area contributed by atoms with Crippen LogP contribution in [0.1, 0.15) is 107 Å². The third-order valence-corrected chi connectivity index (χ3v) is 12.7. The van der Waals surface area contributed by atoms with Crippen LogP contribution in [0.3, 0.4) is 0 Å². The monoisotopic (exact) mass is 588 g/mol. The lowest BCUT2D eigenvalue weighted by Gasteiger charge is -2.63. The summed E-state index contributed by atoms with van der Waals surface area (Å²) in [6.45, 7) is 17.4. The van der Waals surface area contributed by atoms with Gasteiger partial charge >= 0.3 is 17.9 Å². The van der Waals surface area contributed by atoms with E-state index in [1.54, 1.807) is 6.08 Å². The van der Waals surface area contributed by atoms with Crippen LogP contribution in [0.15, 0.2) is 22.8 Å². The number of fused-ring (bicyclic) bond motifs is 4. The topological polar surface area (TPSA) is 130 Å². The highest BCUT2D eigenvalue weighted by Gasteiger charge is 2.68. The average molecular weight is 589 g/mol. The molecule has 8 nitrogen and oxygen atoms in total. The summed E-state index contributed by atoms with van der Waals surface area (Å²) in [5.41, 5.74) is 0.926. The van der Waals surface area contributed by atoms with Crippen molar-refractivity contribution in [2.75, 3.05) is 0 Å². The average Bonchev–Trinajstić information content (AvgIpc) is 3.09. The predicted molar refractivity (Wildman–Crippen MR) is 158 cm³/mol. The van der Waals surface area contributed by atoms with Gasteiger partial charge in [-0.3, -0.25) is 9.59 Å². The van der Waals surface area contributed by atoms with Gasteiger partial charge in [-0.15, -0.1) is 0 Å². The molecular formula is C34H52O8. The van der Waals surface area contributed by atoms with Gasteiger partial charge in [-0.05, 0) is 79.6 Å². The fourth-order valence-corrected chi connectivity index (χ4v) is 10.1. The standard InChI is InChI=1S/C34H52O8/c1-18(30(39)40)10-11-25(41-20(3)35)19(2)23-16-27(38)34(9)29-22(12-15-33(23,34)8)32(7)14-13-28(42-21(4)36)31(5,6)26(32)17-24(29)37/h10,19,23-28,37-38H,11-17H2,1-9H3,(H,39,40)/b18-10+/t19-,23+,24+,25-,26+,27-,28+,32-,33-,34-/m0/s1. The van der Waals surface area contributed by atoms with Crippen molar-refractivity contribution in [3.05, 3.63) is 22.8 Å². The Bertz CT molecular complexity index is 1180. The highest BCUT2D eigenvalue weighted by atomic mass is 16.5. The molecule has 2 saturated carbocycles. The highest BCUT2D eigenvalue weighted by molar-refractivity contribution is 5.85. The summed E-state index contributed by atoms with van der Waals surface area (Å²) >= 11 is 0. The molecule has 0 aromatic rings. The van der Waals surface area contributed by atoms with Gasteiger partial charge in [0.15, 0.2) is 0 Å². The molecule has 0 spiro atoms. The highest BCUT2D eigenvalue weighted by Crippen LogP contribution is 2.72. The Morgan fingerprint density at radius 2 is 1.64 bits per heavy atom. The molecule has 3 N–H and O–H groups in total. The maximum Gasteiger partial charge on any atom is 0.330 e. The second-order valence-corrected chi connectivity index (χ2v) is 15.0. The predicted octanol–water partition coefficient (Wildman–Crippen LogP) is 5.60. The quantitative estimate of drug-likeness (QED) is 0.199. The van der Waals surface area contributed by atoms with Crippen LogP contribution in [0.25, 0.3) is 0 Å². The number of hydrogen-bond acceptors (Lipinski definition) is 7. The van der Waals surface area contributed by atoms with E-state index < -0.39 is 35.7 Å². The smallest absolute Gasteiger partial charge is 0.330 e. The zero-order valence-electron chi connectivity index (χ0n) is 27.0. The summed E-state index contributed by atoms with van der Waals surface area (Å²) in [7, 11) is 0. The number of allylic oxidation sites excluding steroid dienone is 1. The normalized spacial score (nSPS) is 40.7. The van der Waals surface area contributed by atoms with Crippen molar-refractivity contribution < 1.29 is 39.2 Å². The largest absolute Gasteiger partial charge is 0.478 e. The van der Waals surface area contributed by atoms with Gasteiger partial charge < -0.3 is 24.8 Å². The number of carboxylic acid groups (broad SMARTS) is 1. The van der Waals surface area contributed by atoms with E-state index >= 15 is 0 Å². The number of esters is 2. The first-order valence-corrected chi connectivity index (χ1v) is 15.7. The molecule has 10 atom stereocenters. The van der Waals surface area contributed by atoms with Gasteiger partial charge in [0.05, 0.1) is 12.2 Å². The molecule has 4 aliphatic carbocycles. The van der Waals surface area contributed by atoms with Crippen LogP contribution in [0.4, 0.5) is 0 Å². The second kappa shape index (κ2) is 11.1. The Kier molecular flexibility index (Phi) is 8.62. The second-order valence-electron chi connectivity index (χ2n) is 15.0. The number of carboxylic acids is 1. The van der Waals surface area contributed by atoms with Crippen LogP contribution in [-0.2, 0) is 23.9 Å². The van der Waals surface area contributed by atoms with E-state index in [1.165, 1.54) is 26.3 Å². The van der Waals surface area contributed by atoms with Crippen molar-refractivity contribution in [2.45, 2.75) is 132 Å². The molecule has 0 aromatic carbocycles. The number of rotatable bonds is 7. The van der Waals surface area contributed by atoms with Crippen LogP contribution in [0.5, 0.6) is 0 Å². The lowest BCUT2D eigenvalue weighted by Crippen LogP contribution is -2.59. The molecule has 8 heteroatoms. The molecule has 4 rings (SSSR count). The van der Waals surface area contributed by atoms with Crippen LogP contribution in [0.2, 0.25) is 0 Å². The molecule has 0 unspecified atom stereocenters. The molecule has 236 valence electrons. The van der Waals surface area contributed by atoms with E-state index in [-0.39, 0.29) is 58.1 Å². The number of aliphatic carboxylic acids is 1. The fraction of sp³-hybridized carbons (Fsp3) is 0.794. The summed E-state index contributed by atoms with van der Waals surface area (Å²) in [5.74, 6) is -1.72. The Morgan fingerprint density at radius 3 is 2.21 bits per heavy atom. The number of hydrogen-bond donors (Lipinski definition) is 3. The molecular weight excluding hydrogens is 536 g/mol. The molecule has 0 aliphatic heterocycles. The van der Waals surface area contributed by atoms with E-state index in [1.807, 2.05) is 6.92 Å². The first kappa shape index (κ1) is 32.7. The Morgan fingerprint density at radius 1 is 1.00 bits per heavy atom. The Labute approximate surface area is 250 Å². The van der Waals surface area contributed by atoms with Crippen LogP contribution in [0, 0.1) is 39.4 Å². The van der Waals surface area contributed by atoms with Gasteiger partial charge in [0, 0.05) is 36.7 Å². The van der Waals surface area contributed by atoms with E-state index in [9.17, 15) is 29.7 Å². The molecule has 0 amide bonds. The summed E-state index contributed by atoms with van der Waals surface area (Å²) in [4.78, 5) is 35.4. The molecule has 0 saturated heterocycles. The Hall–Kier alpha value is -2.19. The molecule has 0 bridgehead atoms. The van der Waals surface area contributed by atoms with Crippen LogP contribution < -0.4 is 0 Å². The molecule has 2 fully saturated rings. The number of carbonyl (C=O) groups is 3. The maximum atomic E-state index is 12.1. The SMILES string of the molecule is CC(=O)O[C@@H](C/C=C(\C)C(=O)O)[C@@H](C)[C@H]1C[C@H](O)[C@@]2(C)C3=C(CC[C@@]12C)[C@]1(C)CC[C@@H](OC(C)=O)C(C)(C)[C@H]1C[C@H]3O. The minimum atomic E-state index is -1.00. The third kappa shape index (κ3) is 4.94. The first-order chi connectivity index (χ1) is 19.3. The first-order valence-electron chi connectivity index (χ1n) is 15.7. The van der Waals surface area contributed by atoms with Gasteiger partial charge in [-0.25, -0.2) is 4.79 Å². The number of carbonyl (C=O) groups excluding carboxylic acids is 2. The fourth-order valence-electron chi connectivity index (χ4n) is 10.1. The maximum absolute atomic E-state index is 12.1. The van der Waals surface area contributed by atoms with Gasteiger partial charge in [0.1, 0.15) is 12.2 Å². The van der Waals surface area contributed by atoms with Crippen molar-refractivity contribution in [1.82, 2.24) is 0 Å². The lowest BCUT2D eigenvalue weighted by molar-refractivity contribution is -0.170. The number of ether oxygens (including phenoxy) is 2. The summed E-state index contributed by atoms with van der Waals surface area (Å²) in [6, 6.07) is 0. The van der Waals surface area contributed by atoms with Gasteiger partial charge in [-0.2, -0.15) is 0 Å². The van der Waals surface area contributed by atoms with E-state index in [4.69, 9.17) is 9.47 Å². The molecule has 0 aromatic heterocycles. The number of aliphatic hydroxyl groups excluding tert-OH is 2. The van der Waals surface area contributed by atoms with Crippen LogP contribution in [-0.4, -0.2) is 57.6 Å². The van der Waals surface area contributed by atoms with Crippen molar-refractivity contribution >= 4 is 17.9 Å². The molecule has 42 heavy (non-hydrogen) atoms. The minimum absolute atomic E-state index is 0.0108. The molecule has 0 radical (unpaired) electrons. The van der Waals surface area contributed by atoms with Crippen molar-refractivity contribution in [3.63, 3.8) is 0 Å². The summed E-state index contributed by atoms with van der Waals surface area (Å²) < 4.78 is 11.5. The van der Waals surface area contributed by atoms with Crippen molar-refractivity contribution in [3.8, 4) is 0 Å². The minimum Gasteiger partial charge on any atom is -0.478 e. The molecule has 4 aliphatic rings. The van der Waals surface area contributed by atoms with E-state index in [0.717, 1.165) is 31.3 Å². The zero-order chi connectivity index (χ0) is 31.6. The zero-order valence-corrected chi connectivity index (χ0v) is 27.0. The van der Waals surface area contributed by atoms with E-state index in [2.05, 4.69) is 34.6 Å². The van der Waals surface area contributed by atoms with Gasteiger partial charge in [-0.1, -0.05) is 53.2 Å². The van der Waals surface area contributed by atoms with Gasteiger partial charge in [0.2, 0.25) is 0 Å². The molecule has 0 heterocycles. The summed E-state index contributed by atoms with van der Waals surface area (Å²) in [6.07, 6.45) is 4.08. The van der Waals surface area contributed by atoms with Crippen molar-refractivity contribution in [1.29, 1.82) is 0 Å².